The normalized spacial score (nSPS) is 41.1. The van der Waals surface area contributed by atoms with Gasteiger partial charge in [-0.05, 0) is 30.1 Å². The first-order chi connectivity index (χ1) is 5.12. The van der Waals surface area contributed by atoms with Crippen molar-refractivity contribution in [2.24, 2.45) is 17.3 Å². The Hall–Kier alpha value is -0.330. The second kappa shape index (κ2) is 2.09. The molecule has 0 saturated heterocycles. The first kappa shape index (κ1) is 7.33. The molecule has 0 unspecified atom stereocenters. The van der Waals surface area contributed by atoms with E-state index in [1.807, 2.05) is 0 Å². The van der Waals surface area contributed by atoms with Gasteiger partial charge in [0.15, 0.2) is 0 Å². The molecule has 0 radical (unpaired) electrons. The standard InChI is InChI=1S/C10H16O/c1-10(2)8-5-3-4-7(11)6-9(8)10/h8-9H,3-6H2,1-2H3/t8-,9+/m1/s1. The Morgan fingerprint density at radius 3 is 2.82 bits per heavy atom. The van der Waals surface area contributed by atoms with Crippen molar-refractivity contribution in [3.05, 3.63) is 0 Å². The Morgan fingerprint density at radius 2 is 2.09 bits per heavy atom. The maximum Gasteiger partial charge on any atom is 0.133 e. The number of rotatable bonds is 0. The van der Waals surface area contributed by atoms with Crippen LogP contribution in [-0.2, 0) is 4.79 Å². The van der Waals surface area contributed by atoms with Crippen molar-refractivity contribution in [3.8, 4) is 0 Å². The van der Waals surface area contributed by atoms with Gasteiger partial charge in [-0.1, -0.05) is 13.8 Å². The monoisotopic (exact) mass is 152 g/mol. The molecule has 11 heavy (non-hydrogen) atoms. The molecule has 1 heteroatoms. The zero-order valence-electron chi connectivity index (χ0n) is 7.39. The van der Waals surface area contributed by atoms with Crippen molar-refractivity contribution < 1.29 is 4.79 Å². The molecule has 0 amide bonds. The van der Waals surface area contributed by atoms with Gasteiger partial charge < -0.3 is 0 Å². The Kier molecular flexibility index (Phi) is 1.39. The highest BCUT2D eigenvalue weighted by Gasteiger charge is 2.57. The molecule has 0 aliphatic heterocycles. The van der Waals surface area contributed by atoms with Crippen LogP contribution >= 0.6 is 0 Å². The van der Waals surface area contributed by atoms with Gasteiger partial charge in [-0.25, -0.2) is 0 Å². The minimum absolute atomic E-state index is 0.496. The first-order valence-electron chi connectivity index (χ1n) is 4.64. The molecular formula is C10H16O. The minimum atomic E-state index is 0.496. The third-order valence-corrected chi connectivity index (χ3v) is 3.71. The van der Waals surface area contributed by atoms with E-state index < -0.39 is 0 Å². The molecule has 1 nitrogen and oxygen atoms in total. The van der Waals surface area contributed by atoms with Gasteiger partial charge in [-0.2, -0.15) is 0 Å². The smallest absolute Gasteiger partial charge is 0.133 e. The van der Waals surface area contributed by atoms with Gasteiger partial charge in [0.25, 0.3) is 0 Å². The number of hydrogen-bond acceptors (Lipinski definition) is 1. The lowest BCUT2D eigenvalue weighted by atomic mass is 10.0. The van der Waals surface area contributed by atoms with Gasteiger partial charge in [0.1, 0.15) is 5.78 Å². The molecule has 2 fully saturated rings. The van der Waals surface area contributed by atoms with Gasteiger partial charge in [-0.15, -0.1) is 0 Å². The van der Waals surface area contributed by atoms with Gasteiger partial charge in [0, 0.05) is 12.8 Å². The lowest BCUT2D eigenvalue weighted by Gasteiger charge is -2.04. The maximum absolute atomic E-state index is 11.2. The average molecular weight is 152 g/mol. The van der Waals surface area contributed by atoms with E-state index in [-0.39, 0.29) is 0 Å². The molecule has 2 aliphatic rings. The number of carbonyl (C=O) groups excluding carboxylic acids is 1. The van der Waals surface area contributed by atoms with Crippen LogP contribution in [0, 0.1) is 17.3 Å². The zero-order valence-corrected chi connectivity index (χ0v) is 7.39. The van der Waals surface area contributed by atoms with Crippen LogP contribution in [0.15, 0.2) is 0 Å². The van der Waals surface area contributed by atoms with E-state index in [9.17, 15) is 4.79 Å². The molecule has 2 rings (SSSR count). The SMILES string of the molecule is CC1(C)[C@@H]2CCCC(=O)C[C@@H]21. The molecule has 0 aromatic carbocycles. The third-order valence-electron chi connectivity index (χ3n) is 3.71. The quantitative estimate of drug-likeness (QED) is 0.521. The average Bonchev–Trinajstić information content (AvgIpc) is 2.48. The number of hydrogen-bond donors (Lipinski definition) is 0. The molecule has 0 aromatic rings. The molecule has 0 bridgehead atoms. The fraction of sp³-hybridized carbons (Fsp3) is 0.900. The number of Topliss-reactive ketones (excluding diaryl/α,β-unsaturated/α-hetero) is 1. The maximum atomic E-state index is 11.2. The fourth-order valence-corrected chi connectivity index (χ4v) is 2.70. The van der Waals surface area contributed by atoms with Gasteiger partial charge in [0.05, 0.1) is 0 Å². The summed E-state index contributed by atoms with van der Waals surface area (Å²) in [4.78, 5) is 11.2. The van der Waals surface area contributed by atoms with Crippen molar-refractivity contribution in [2.75, 3.05) is 0 Å². The van der Waals surface area contributed by atoms with Crippen LogP contribution in [0.5, 0.6) is 0 Å². The Morgan fingerprint density at radius 1 is 1.36 bits per heavy atom. The summed E-state index contributed by atoms with van der Waals surface area (Å²) in [6.07, 6.45) is 4.16. The molecular weight excluding hydrogens is 136 g/mol. The second-order valence-corrected chi connectivity index (χ2v) is 4.67. The Balaban J connectivity index is 2.08. The summed E-state index contributed by atoms with van der Waals surface area (Å²) >= 11 is 0. The van der Waals surface area contributed by atoms with Crippen LogP contribution in [0.1, 0.15) is 39.5 Å². The number of carbonyl (C=O) groups is 1. The highest BCUT2D eigenvalue weighted by atomic mass is 16.1. The summed E-state index contributed by atoms with van der Waals surface area (Å²) in [6.45, 7) is 4.61. The van der Waals surface area contributed by atoms with E-state index in [2.05, 4.69) is 13.8 Å². The topological polar surface area (TPSA) is 17.1 Å². The summed E-state index contributed by atoms with van der Waals surface area (Å²) in [5.74, 6) is 2.11. The summed E-state index contributed by atoms with van der Waals surface area (Å²) in [7, 11) is 0. The Bertz CT molecular complexity index is 193. The van der Waals surface area contributed by atoms with Crippen LogP contribution in [0.4, 0.5) is 0 Å². The van der Waals surface area contributed by atoms with Gasteiger partial charge in [-0.3, -0.25) is 4.79 Å². The van der Waals surface area contributed by atoms with Crippen LogP contribution in [0.3, 0.4) is 0 Å². The van der Waals surface area contributed by atoms with Crippen molar-refractivity contribution in [1.82, 2.24) is 0 Å². The molecule has 62 valence electrons. The van der Waals surface area contributed by atoms with E-state index in [1.165, 1.54) is 6.42 Å². The molecule has 2 atom stereocenters. The highest BCUT2D eigenvalue weighted by molar-refractivity contribution is 5.79. The summed E-state index contributed by atoms with van der Waals surface area (Å²) < 4.78 is 0. The van der Waals surface area contributed by atoms with E-state index in [4.69, 9.17) is 0 Å². The van der Waals surface area contributed by atoms with E-state index in [0.29, 0.717) is 11.2 Å². The van der Waals surface area contributed by atoms with Crippen molar-refractivity contribution >= 4 is 5.78 Å². The summed E-state index contributed by atoms with van der Waals surface area (Å²) in [6, 6.07) is 0. The van der Waals surface area contributed by atoms with E-state index in [1.54, 1.807) is 0 Å². The number of fused-ring (bicyclic) bond motifs is 1. The summed E-state index contributed by atoms with van der Waals surface area (Å²) in [5.41, 5.74) is 0.496. The van der Waals surface area contributed by atoms with Crippen LogP contribution in [0.25, 0.3) is 0 Å². The fourth-order valence-electron chi connectivity index (χ4n) is 2.70. The second-order valence-electron chi connectivity index (χ2n) is 4.67. The minimum Gasteiger partial charge on any atom is -0.300 e. The predicted molar refractivity (Wildman–Crippen MR) is 44.2 cm³/mol. The van der Waals surface area contributed by atoms with Crippen molar-refractivity contribution in [1.29, 1.82) is 0 Å². The largest absolute Gasteiger partial charge is 0.300 e. The van der Waals surface area contributed by atoms with Crippen molar-refractivity contribution in [3.63, 3.8) is 0 Å². The summed E-state index contributed by atoms with van der Waals surface area (Å²) in [5, 5.41) is 0. The lowest BCUT2D eigenvalue weighted by molar-refractivity contribution is -0.119. The third kappa shape index (κ3) is 1.02. The Labute approximate surface area is 68.2 Å². The van der Waals surface area contributed by atoms with Crippen LogP contribution < -0.4 is 0 Å². The van der Waals surface area contributed by atoms with Gasteiger partial charge >= 0.3 is 0 Å². The van der Waals surface area contributed by atoms with E-state index in [0.717, 1.165) is 31.1 Å². The molecule has 2 aliphatic carbocycles. The van der Waals surface area contributed by atoms with Crippen molar-refractivity contribution in [2.45, 2.75) is 39.5 Å². The molecule has 0 spiro atoms. The molecule has 0 N–H and O–H groups in total. The van der Waals surface area contributed by atoms with Crippen LogP contribution in [0.2, 0.25) is 0 Å². The van der Waals surface area contributed by atoms with E-state index >= 15 is 0 Å². The van der Waals surface area contributed by atoms with Gasteiger partial charge in [0.2, 0.25) is 0 Å². The molecule has 0 heterocycles. The van der Waals surface area contributed by atoms with Crippen LogP contribution in [-0.4, -0.2) is 5.78 Å². The zero-order chi connectivity index (χ0) is 8.06. The lowest BCUT2D eigenvalue weighted by Crippen LogP contribution is -2.01. The molecule has 0 aromatic heterocycles. The first-order valence-corrected chi connectivity index (χ1v) is 4.64. The number of ketones is 1. The highest BCUT2D eigenvalue weighted by Crippen LogP contribution is 2.63. The predicted octanol–water partition coefficient (Wildman–Crippen LogP) is 2.40. The molecule has 2 saturated carbocycles.